The third-order valence-electron chi connectivity index (χ3n) is 6.19. The lowest BCUT2D eigenvalue weighted by Gasteiger charge is -2.27. The van der Waals surface area contributed by atoms with Crippen LogP contribution in [-0.2, 0) is 22.9 Å². The monoisotopic (exact) mass is 529 g/mol. The van der Waals surface area contributed by atoms with E-state index in [9.17, 15) is 18.0 Å². The number of halogens is 3. The standard InChI is InChI=1S/C25H26F3N7O3/c1-24(2,3)23-32-22(38-33-23)21(36)29-12-16-5-4-15(10-18(16)25(26,27)28)20-19-11-17(13-35(19)31-14-30-20)34-6-8-37-9-7-34/h4-5,10-11,13-14H,6-9,12H2,1-3H3,(H,29,36). The maximum Gasteiger partial charge on any atom is 0.416 e. The smallest absolute Gasteiger partial charge is 0.378 e. The number of ether oxygens (including phenoxy) is 1. The van der Waals surface area contributed by atoms with E-state index in [4.69, 9.17) is 9.26 Å². The molecule has 4 aromatic rings. The molecule has 10 nitrogen and oxygen atoms in total. The summed E-state index contributed by atoms with van der Waals surface area (Å²) >= 11 is 0. The molecule has 1 aliphatic rings. The van der Waals surface area contributed by atoms with Crippen LogP contribution >= 0.6 is 0 Å². The summed E-state index contributed by atoms with van der Waals surface area (Å²) in [7, 11) is 0. The van der Waals surface area contributed by atoms with Crippen molar-refractivity contribution in [3.63, 3.8) is 0 Å². The molecule has 200 valence electrons. The van der Waals surface area contributed by atoms with E-state index in [-0.39, 0.29) is 23.6 Å². The molecule has 0 atom stereocenters. The Labute approximate surface area is 215 Å². The number of morpholine rings is 1. The summed E-state index contributed by atoms with van der Waals surface area (Å²) in [5, 5.41) is 10.4. The van der Waals surface area contributed by atoms with Gasteiger partial charge >= 0.3 is 18.0 Å². The first-order valence-corrected chi connectivity index (χ1v) is 12.0. The first-order valence-electron chi connectivity index (χ1n) is 12.0. The zero-order valence-electron chi connectivity index (χ0n) is 21.0. The van der Waals surface area contributed by atoms with Crippen LogP contribution in [0.15, 0.2) is 41.3 Å². The van der Waals surface area contributed by atoms with Crippen LogP contribution < -0.4 is 10.2 Å². The largest absolute Gasteiger partial charge is 0.416 e. The van der Waals surface area contributed by atoms with Crippen LogP contribution in [0.5, 0.6) is 0 Å². The van der Waals surface area contributed by atoms with Gasteiger partial charge in [0.1, 0.15) is 6.33 Å². The number of nitrogens with zero attached hydrogens (tertiary/aromatic N) is 6. The number of benzene rings is 1. The van der Waals surface area contributed by atoms with Gasteiger partial charge in [0, 0.05) is 30.6 Å². The molecule has 0 radical (unpaired) electrons. The van der Waals surface area contributed by atoms with Crippen LogP contribution in [0.1, 0.15) is 48.4 Å². The van der Waals surface area contributed by atoms with Gasteiger partial charge in [0.2, 0.25) is 0 Å². The van der Waals surface area contributed by atoms with Gasteiger partial charge in [-0.1, -0.05) is 38.1 Å². The maximum absolute atomic E-state index is 14.1. The Morgan fingerprint density at radius 1 is 1.13 bits per heavy atom. The zero-order chi connectivity index (χ0) is 27.1. The van der Waals surface area contributed by atoms with Crippen LogP contribution in [0.3, 0.4) is 0 Å². The normalized spacial score (nSPS) is 14.7. The SMILES string of the molecule is CC(C)(C)c1noc(C(=O)NCc2ccc(-c3ncnn4cc(N5CCOCC5)cc34)cc2C(F)(F)F)n1. The minimum absolute atomic E-state index is 0.111. The Hall–Kier alpha value is -4.00. The van der Waals surface area contributed by atoms with E-state index >= 15 is 0 Å². The molecule has 1 aliphatic heterocycles. The lowest BCUT2D eigenvalue weighted by atomic mass is 9.96. The van der Waals surface area contributed by atoms with E-state index in [2.05, 4.69) is 30.4 Å². The van der Waals surface area contributed by atoms with Crippen LogP contribution in [0.2, 0.25) is 0 Å². The van der Waals surface area contributed by atoms with Crippen LogP contribution in [-0.4, -0.2) is 56.9 Å². The summed E-state index contributed by atoms with van der Waals surface area (Å²) in [6.07, 6.45) is -1.53. The second-order valence-electron chi connectivity index (χ2n) is 9.96. The van der Waals surface area contributed by atoms with E-state index < -0.39 is 23.1 Å². The molecule has 0 unspecified atom stereocenters. The van der Waals surface area contributed by atoms with Gasteiger partial charge < -0.3 is 19.5 Å². The van der Waals surface area contributed by atoms with Crippen molar-refractivity contribution < 1.29 is 27.2 Å². The average molecular weight is 530 g/mol. The van der Waals surface area contributed by atoms with Crippen molar-refractivity contribution in [3.8, 4) is 11.3 Å². The number of hydrogen-bond donors (Lipinski definition) is 1. The fraction of sp³-hybridized carbons (Fsp3) is 0.400. The molecule has 1 aromatic carbocycles. The Kier molecular flexibility index (Phi) is 6.55. The number of nitrogens with one attached hydrogen (secondary N) is 1. The number of aromatic nitrogens is 5. The molecule has 0 bridgehead atoms. The van der Waals surface area contributed by atoms with Crippen LogP contribution in [0.4, 0.5) is 18.9 Å². The molecule has 3 aromatic heterocycles. The van der Waals surface area contributed by atoms with E-state index in [0.29, 0.717) is 43.3 Å². The number of carbonyl (C=O) groups is 1. The highest BCUT2D eigenvalue weighted by molar-refractivity contribution is 5.89. The Bertz CT molecular complexity index is 1470. The van der Waals surface area contributed by atoms with Crippen molar-refractivity contribution in [2.24, 2.45) is 0 Å². The summed E-state index contributed by atoms with van der Waals surface area (Å²) in [5.41, 5.74) is 0.665. The van der Waals surface area contributed by atoms with Gasteiger partial charge in [0.15, 0.2) is 5.82 Å². The van der Waals surface area contributed by atoms with Gasteiger partial charge in [-0.25, -0.2) is 9.50 Å². The van der Waals surface area contributed by atoms with E-state index in [1.165, 1.54) is 12.4 Å². The Morgan fingerprint density at radius 3 is 2.58 bits per heavy atom. The van der Waals surface area contributed by atoms with Gasteiger partial charge in [0.05, 0.1) is 41.9 Å². The van der Waals surface area contributed by atoms with Gasteiger partial charge in [-0.15, -0.1) is 0 Å². The van der Waals surface area contributed by atoms with Gasteiger partial charge in [0.25, 0.3) is 0 Å². The minimum Gasteiger partial charge on any atom is -0.378 e. The molecule has 5 rings (SSSR count). The molecule has 0 aliphatic carbocycles. The molecule has 1 N–H and O–H groups in total. The molecule has 0 spiro atoms. The quantitative estimate of drug-likeness (QED) is 0.415. The highest BCUT2D eigenvalue weighted by atomic mass is 19.4. The van der Waals surface area contributed by atoms with E-state index in [0.717, 1.165) is 11.8 Å². The number of hydrogen-bond acceptors (Lipinski definition) is 8. The van der Waals surface area contributed by atoms with Crippen molar-refractivity contribution in [1.82, 2.24) is 30.1 Å². The molecular formula is C25H26F3N7O3. The number of alkyl halides is 3. The lowest BCUT2D eigenvalue weighted by Crippen LogP contribution is -2.35. The van der Waals surface area contributed by atoms with E-state index in [1.54, 1.807) is 10.6 Å². The predicted molar refractivity (Wildman–Crippen MR) is 131 cm³/mol. The van der Waals surface area contributed by atoms with Gasteiger partial charge in [-0.2, -0.15) is 23.3 Å². The first-order chi connectivity index (χ1) is 18.0. The second kappa shape index (κ2) is 9.71. The summed E-state index contributed by atoms with van der Waals surface area (Å²) in [5.74, 6) is -0.749. The first kappa shape index (κ1) is 25.6. The van der Waals surface area contributed by atoms with Crippen LogP contribution in [0, 0.1) is 0 Å². The minimum atomic E-state index is -4.66. The highest BCUT2D eigenvalue weighted by Crippen LogP contribution is 2.36. The number of fused-ring (bicyclic) bond motifs is 1. The van der Waals surface area contributed by atoms with Crippen molar-refractivity contribution in [2.75, 3.05) is 31.2 Å². The molecule has 1 saturated heterocycles. The second-order valence-corrected chi connectivity index (χ2v) is 9.96. The molecule has 1 amide bonds. The van der Waals surface area contributed by atoms with Crippen LogP contribution in [0.25, 0.3) is 16.8 Å². The molecule has 4 heterocycles. The van der Waals surface area contributed by atoms with Gasteiger partial charge in [-0.05, 0) is 17.7 Å². The molecule has 38 heavy (non-hydrogen) atoms. The summed E-state index contributed by atoms with van der Waals surface area (Å²) in [6, 6.07) is 5.77. The number of rotatable bonds is 5. The number of carbonyl (C=O) groups excluding carboxylic acids is 1. The summed E-state index contributed by atoms with van der Waals surface area (Å²) < 4.78 is 54.2. The fourth-order valence-electron chi connectivity index (χ4n) is 4.15. The molecular weight excluding hydrogens is 503 g/mol. The average Bonchev–Trinajstić information content (AvgIpc) is 3.55. The van der Waals surface area contributed by atoms with Crippen molar-refractivity contribution in [2.45, 2.75) is 38.9 Å². The summed E-state index contributed by atoms with van der Waals surface area (Å²) in [6.45, 7) is 7.77. The lowest BCUT2D eigenvalue weighted by molar-refractivity contribution is -0.138. The highest BCUT2D eigenvalue weighted by Gasteiger charge is 2.34. The molecule has 13 heteroatoms. The van der Waals surface area contributed by atoms with Gasteiger partial charge in [-0.3, -0.25) is 4.79 Å². The number of anilines is 1. The topological polar surface area (TPSA) is 111 Å². The Balaban J connectivity index is 1.42. The van der Waals surface area contributed by atoms with E-state index in [1.807, 2.05) is 33.0 Å². The third-order valence-corrected chi connectivity index (χ3v) is 6.19. The molecule has 1 fully saturated rings. The van der Waals surface area contributed by atoms with Crippen molar-refractivity contribution in [1.29, 1.82) is 0 Å². The van der Waals surface area contributed by atoms with Crippen molar-refractivity contribution in [3.05, 3.63) is 59.6 Å². The zero-order valence-corrected chi connectivity index (χ0v) is 21.0. The third kappa shape index (κ3) is 5.19. The maximum atomic E-state index is 14.1. The predicted octanol–water partition coefficient (Wildman–Crippen LogP) is 3.86. The summed E-state index contributed by atoms with van der Waals surface area (Å²) in [4.78, 5) is 22.9. The van der Waals surface area contributed by atoms with Crippen molar-refractivity contribution >= 4 is 17.1 Å². The molecule has 0 saturated carbocycles. The number of amides is 1. The Morgan fingerprint density at radius 2 is 1.89 bits per heavy atom. The fourth-order valence-corrected chi connectivity index (χ4v) is 4.15.